The van der Waals surface area contributed by atoms with E-state index in [4.69, 9.17) is 0 Å². The van der Waals surface area contributed by atoms with Crippen LogP contribution in [0.25, 0.3) is 0 Å². The summed E-state index contributed by atoms with van der Waals surface area (Å²) < 4.78 is 0. The van der Waals surface area contributed by atoms with Gasteiger partial charge in [0.05, 0.1) is 0 Å². The summed E-state index contributed by atoms with van der Waals surface area (Å²) in [5.41, 5.74) is 2.92. The van der Waals surface area contributed by atoms with Crippen molar-refractivity contribution < 1.29 is 14.7 Å². The van der Waals surface area contributed by atoms with Crippen molar-refractivity contribution in [2.45, 2.75) is 58.5 Å². The normalized spacial score (nSPS) is 33.2. The van der Waals surface area contributed by atoms with E-state index < -0.39 is 11.5 Å². The highest BCUT2D eigenvalue weighted by atomic mass is 16.3. The molecule has 108 valence electrons. The molecule has 2 atom stereocenters. The smallest absolute Gasteiger partial charge is 0.184 e. The van der Waals surface area contributed by atoms with E-state index in [2.05, 4.69) is 0 Å². The van der Waals surface area contributed by atoms with Gasteiger partial charge in [-0.15, -0.1) is 0 Å². The van der Waals surface area contributed by atoms with Gasteiger partial charge in [-0.1, -0.05) is 30.6 Å². The Morgan fingerprint density at radius 1 is 1.10 bits per heavy atom. The molecule has 0 fully saturated rings. The fourth-order valence-corrected chi connectivity index (χ4v) is 4.14. The molecule has 3 nitrogen and oxygen atoms in total. The first-order valence-electron chi connectivity index (χ1n) is 7.56. The topological polar surface area (TPSA) is 54.4 Å². The molecule has 0 saturated heterocycles. The first kappa shape index (κ1) is 13.7. The van der Waals surface area contributed by atoms with Crippen LogP contribution in [-0.4, -0.2) is 22.8 Å². The molecule has 0 bridgehead atoms. The van der Waals surface area contributed by atoms with Gasteiger partial charge in [-0.2, -0.15) is 0 Å². The van der Waals surface area contributed by atoms with E-state index in [-0.39, 0.29) is 17.5 Å². The summed E-state index contributed by atoms with van der Waals surface area (Å²) in [5.74, 6) is -0.366. The maximum Gasteiger partial charge on any atom is 0.184 e. The molecule has 3 rings (SSSR count). The molecule has 0 radical (unpaired) electrons. The van der Waals surface area contributed by atoms with Crippen molar-refractivity contribution in [2.24, 2.45) is 11.3 Å². The third-order valence-corrected chi connectivity index (χ3v) is 5.25. The molecule has 0 aromatic rings. The fourth-order valence-electron chi connectivity index (χ4n) is 4.14. The zero-order valence-electron chi connectivity index (χ0n) is 12.2. The summed E-state index contributed by atoms with van der Waals surface area (Å²) in [5, 5.41) is 10.2. The van der Waals surface area contributed by atoms with Crippen LogP contribution < -0.4 is 0 Å². The van der Waals surface area contributed by atoms with Gasteiger partial charge in [-0.05, 0) is 38.2 Å². The number of aliphatic hydroxyl groups is 1. The van der Waals surface area contributed by atoms with Crippen molar-refractivity contribution in [3.8, 4) is 0 Å². The van der Waals surface area contributed by atoms with Crippen LogP contribution in [0.4, 0.5) is 0 Å². The summed E-state index contributed by atoms with van der Waals surface area (Å²) in [4.78, 5) is 24.7. The minimum atomic E-state index is -1.06. The zero-order chi connectivity index (χ0) is 14.5. The third kappa shape index (κ3) is 1.99. The van der Waals surface area contributed by atoms with Gasteiger partial charge < -0.3 is 5.11 Å². The zero-order valence-corrected chi connectivity index (χ0v) is 12.2. The van der Waals surface area contributed by atoms with Crippen molar-refractivity contribution >= 4 is 11.6 Å². The highest BCUT2D eigenvalue weighted by Crippen LogP contribution is 2.47. The van der Waals surface area contributed by atoms with E-state index in [1.807, 2.05) is 13.8 Å². The number of hydrogen-bond donors (Lipinski definition) is 1. The molecule has 0 heterocycles. The average Bonchev–Trinajstić information content (AvgIpc) is 2.52. The fraction of sp³-hybridized carbons (Fsp3) is 0.647. The van der Waals surface area contributed by atoms with Gasteiger partial charge in [-0.25, -0.2) is 0 Å². The minimum absolute atomic E-state index is 0.180. The van der Waals surface area contributed by atoms with E-state index in [0.29, 0.717) is 6.42 Å². The number of aliphatic hydroxyl groups excluding tert-OH is 1. The molecule has 0 aromatic carbocycles. The molecule has 3 aliphatic rings. The van der Waals surface area contributed by atoms with Crippen LogP contribution in [0.3, 0.4) is 0 Å². The molecular formula is C17H22O3. The first-order valence-corrected chi connectivity index (χ1v) is 7.56. The van der Waals surface area contributed by atoms with Crippen LogP contribution in [0.1, 0.15) is 52.4 Å². The molecular weight excluding hydrogens is 252 g/mol. The molecule has 0 spiro atoms. The van der Waals surface area contributed by atoms with Crippen LogP contribution in [0.2, 0.25) is 0 Å². The number of rotatable bonds is 0. The third-order valence-electron chi connectivity index (χ3n) is 5.25. The molecule has 1 N–H and O–H groups in total. The van der Waals surface area contributed by atoms with Crippen LogP contribution >= 0.6 is 0 Å². The van der Waals surface area contributed by atoms with Crippen molar-refractivity contribution in [2.75, 3.05) is 0 Å². The summed E-state index contributed by atoms with van der Waals surface area (Å²) in [6, 6.07) is 0. The van der Waals surface area contributed by atoms with Gasteiger partial charge in [0.25, 0.3) is 0 Å². The Balaban J connectivity index is 2.05. The highest BCUT2D eigenvalue weighted by molar-refractivity contribution is 6.00. The summed E-state index contributed by atoms with van der Waals surface area (Å²) in [6.45, 7) is 3.69. The lowest BCUT2D eigenvalue weighted by molar-refractivity contribution is -0.137. The summed E-state index contributed by atoms with van der Waals surface area (Å²) in [6.07, 6.45) is 6.20. The monoisotopic (exact) mass is 274 g/mol. The molecule has 20 heavy (non-hydrogen) atoms. The molecule has 3 aliphatic carbocycles. The number of fused-ring (bicyclic) bond motifs is 1. The Labute approximate surface area is 119 Å². The SMILES string of the molecule is CC1(C)C(O)C(=O)C=C2CC3=C(CCCC3)CC(=O)C21. The Bertz CT molecular complexity index is 536. The largest absolute Gasteiger partial charge is 0.384 e. The highest BCUT2D eigenvalue weighted by Gasteiger charge is 2.49. The lowest BCUT2D eigenvalue weighted by Gasteiger charge is -2.40. The number of Topliss-reactive ketones (excluding diaryl/α,β-unsaturated/α-hetero) is 1. The van der Waals surface area contributed by atoms with Gasteiger partial charge in [0.15, 0.2) is 5.78 Å². The standard InChI is InChI=1S/C17H22O3/c1-17(2)15-12(9-14(19)16(17)20)7-10-5-3-4-6-11(10)8-13(15)18/h9,15-16,20H,3-8H2,1-2H3. The van der Waals surface area contributed by atoms with Crippen molar-refractivity contribution in [3.05, 3.63) is 22.8 Å². The van der Waals surface area contributed by atoms with Gasteiger partial charge in [0.1, 0.15) is 11.9 Å². The van der Waals surface area contributed by atoms with Crippen LogP contribution in [0.5, 0.6) is 0 Å². The van der Waals surface area contributed by atoms with E-state index in [1.165, 1.54) is 24.0 Å². The first-order chi connectivity index (χ1) is 9.41. The lowest BCUT2D eigenvalue weighted by Crippen LogP contribution is -2.48. The van der Waals surface area contributed by atoms with Crippen molar-refractivity contribution in [1.82, 2.24) is 0 Å². The second kappa shape index (κ2) is 4.66. The van der Waals surface area contributed by atoms with Crippen molar-refractivity contribution in [1.29, 1.82) is 0 Å². The predicted octanol–water partition coefficient (Wildman–Crippen LogP) is 2.73. The molecule has 0 aliphatic heterocycles. The molecule has 0 aromatic heterocycles. The van der Waals surface area contributed by atoms with Gasteiger partial charge in [-0.3, -0.25) is 9.59 Å². The minimum Gasteiger partial charge on any atom is -0.384 e. The van der Waals surface area contributed by atoms with Gasteiger partial charge >= 0.3 is 0 Å². The Hall–Kier alpha value is -1.22. The predicted molar refractivity (Wildman–Crippen MR) is 76.1 cm³/mol. The average molecular weight is 274 g/mol. The lowest BCUT2D eigenvalue weighted by atomic mass is 9.64. The Morgan fingerprint density at radius 3 is 2.35 bits per heavy atom. The molecule has 3 heteroatoms. The number of ketones is 2. The Morgan fingerprint density at radius 2 is 1.70 bits per heavy atom. The Kier molecular flexibility index (Phi) is 3.20. The summed E-state index contributed by atoms with van der Waals surface area (Å²) in [7, 11) is 0. The van der Waals surface area contributed by atoms with Crippen LogP contribution in [0, 0.1) is 11.3 Å². The van der Waals surface area contributed by atoms with Crippen LogP contribution in [0.15, 0.2) is 22.8 Å². The van der Waals surface area contributed by atoms with E-state index in [9.17, 15) is 14.7 Å². The number of carbonyl (C=O) groups excluding carboxylic acids is 2. The van der Waals surface area contributed by atoms with Crippen molar-refractivity contribution in [3.63, 3.8) is 0 Å². The van der Waals surface area contributed by atoms with Gasteiger partial charge in [0.2, 0.25) is 0 Å². The summed E-state index contributed by atoms with van der Waals surface area (Å²) >= 11 is 0. The quantitative estimate of drug-likeness (QED) is 0.691. The van der Waals surface area contributed by atoms with E-state index in [1.54, 1.807) is 6.08 Å². The van der Waals surface area contributed by atoms with Gasteiger partial charge in [0, 0.05) is 17.8 Å². The maximum atomic E-state index is 12.7. The number of hydrogen-bond acceptors (Lipinski definition) is 3. The second-order valence-corrected chi connectivity index (χ2v) is 7.01. The molecule has 2 unspecified atom stereocenters. The molecule has 0 amide bonds. The maximum absolute atomic E-state index is 12.7. The number of carbonyl (C=O) groups is 2. The second-order valence-electron chi connectivity index (χ2n) is 7.01. The van der Waals surface area contributed by atoms with E-state index >= 15 is 0 Å². The molecule has 0 saturated carbocycles. The number of allylic oxidation sites excluding steroid dienone is 3. The van der Waals surface area contributed by atoms with Crippen LogP contribution in [-0.2, 0) is 9.59 Å². The van der Waals surface area contributed by atoms with E-state index in [0.717, 1.165) is 24.8 Å².